The second-order valence-electron chi connectivity index (χ2n) is 6.53. The Kier molecular flexibility index (Phi) is 6.53. The molecular formula is C16H31N3O. The molecule has 1 N–H and O–H groups in total. The molecule has 1 heterocycles. The van der Waals surface area contributed by atoms with E-state index in [0.717, 1.165) is 31.2 Å². The van der Waals surface area contributed by atoms with E-state index in [4.69, 9.17) is 4.42 Å². The minimum atomic E-state index is 0.0950. The van der Waals surface area contributed by atoms with Crippen LogP contribution in [0.3, 0.4) is 0 Å². The predicted octanol–water partition coefficient (Wildman–Crippen LogP) is 3.97. The summed E-state index contributed by atoms with van der Waals surface area (Å²) in [7, 11) is 0. The highest BCUT2D eigenvalue weighted by atomic mass is 16.4. The smallest absolute Gasteiger partial charge is 0.297 e. The molecule has 0 aliphatic heterocycles. The molecule has 0 bridgehead atoms. The number of hydrogen-bond acceptors (Lipinski definition) is 4. The van der Waals surface area contributed by atoms with Crippen LogP contribution in [0.4, 0.5) is 6.01 Å². The molecule has 0 radical (unpaired) electrons. The van der Waals surface area contributed by atoms with Crippen molar-refractivity contribution in [3.63, 3.8) is 0 Å². The third-order valence-corrected chi connectivity index (χ3v) is 3.46. The Labute approximate surface area is 123 Å². The summed E-state index contributed by atoms with van der Waals surface area (Å²) >= 11 is 0. The minimum Gasteiger partial charge on any atom is -0.432 e. The van der Waals surface area contributed by atoms with Crippen molar-refractivity contribution in [2.75, 3.05) is 11.4 Å². The fourth-order valence-electron chi connectivity index (χ4n) is 1.92. The first-order valence-corrected chi connectivity index (χ1v) is 7.83. The fraction of sp³-hybridized carbons (Fsp3) is 0.812. The highest BCUT2D eigenvalue weighted by Crippen LogP contribution is 2.19. The van der Waals surface area contributed by atoms with Gasteiger partial charge in [0.25, 0.3) is 6.01 Å². The lowest BCUT2D eigenvalue weighted by molar-refractivity contribution is 0.421. The van der Waals surface area contributed by atoms with Gasteiger partial charge in [-0.05, 0) is 40.5 Å². The van der Waals surface area contributed by atoms with E-state index in [2.05, 4.69) is 56.7 Å². The van der Waals surface area contributed by atoms with Gasteiger partial charge in [0.2, 0.25) is 0 Å². The zero-order chi connectivity index (χ0) is 15.2. The summed E-state index contributed by atoms with van der Waals surface area (Å²) in [6.07, 6.45) is 5.23. The van der Waals surface area contributed by atoms with Gasteiger partial charge in [-0.15, -0.1) is 0 Å². The van der Waals surface area contributed by atoms with E-state index in [1.807, 2.05) is 0 Å². The molecule has 0 spiro atoms. The third kappa shape index (κ3) is 5.53. The molecule has 0 aliphatic carbocycles. The van der Waals surface area contributed by atoms with Gasteiger partial charge in [-0.1, -0.05) is 20.3 Å². The largest absolute Gasteiger partial charge is 0.432 e. The number of nitrogens with one attached hydrogen (secondary N) is 1. The average molecular weight is 281 g/mol. The van der Waals surface area contributed by atoms with Gasteiger partial charge >= 0.3 is 0 Å². The van der Waals surface area contributed by atoms with Crippen molar-refractivity contribution in [1.29, 1.82) is 0 Å². The van der Waals surface area contributed by atoms with E-state index in [1.54, 1.807) is 6.26 Å². The van der Waals surface area contributed by atoms with Crippen molar-refractivity contribution in [2.45, 2.75) is 78.9 Å². The van der Waals surface area contributed by atoms with Gasteiger partial charge in [0, 0.05) is 24.7 Å². The molecule has 1 rings (SSSR count). The Bertz CT molecular complexity index is 381. The van der Waals surface area contributed by atoms with Gasteiger partial charge in [0.1, 0.15) is 6.26 Å². The Morgan fingerprint density at radius 2 is 2.05 bits per heavy atom. The van der Waals surface area contributed by atoms with Crippen molar-refractivity contribution in [2.24, 2.45) is 0 Å². The number of oxazole rings is 1. The summed E-state index contributed by atoms with van der Waals surface area (Å²) in [5.41, 5.74) is 1.07. The normalized spacial score (nSPS) is 13.5. The lowest BCUT2D eigenvalue weighted by Gasteiger charge is -2.26. The van der Waals surface area contributed by atoms with Crippen LogP contribution in [-0.4, -0.2) is 23.1 Å². The van der Waals surface area contributed by atoms with E-state index in [0.29, 0.717) is 6.04 Å². The van der Waals surface area contributed by atoms with Crippen molar-refractivity contribution in [3.05, 3.63) is 12.0 Å². The van der Waals surface area contributed by atoms with Gasteiger partial charge in [0.15, 0.2) is 0 Å². The summed E-state index contributed by atoms with van der Waals surface area (Å²) in [4.78, 5) is 6.91. The number of nitrogens with zero attached hydrogens (tertiary/aromatic N) is 2. The molecule has 0 amide bonds. The number of anilines is 1. The van der Waals surface area contributed by atoms with Crippen LogP contribution < -0.4 is 10.2 Å². The van der Waals surface area contributed by atoms with E-state index in [1.165, 1.54) is 12.8 Å². The Balaban J connectivity index is 2.70. The fourth-order valence-corrected chi connectivity index (χ4v) is 1.92. The monoisotopic (exact) mass is 281 g/mol. The molecule has 0 saturated carbocycles. The van der Waals surface area contributed by atoms with Gasteiger partial charge < -0.3 is 14.6 Å². The third-order valence-electron chi connectivity index (χ3n) is 3.46. The van der Waals surface area contributed by atoms with Crippen LogP contribution in [0.5, 0.6) is 0 Å². The molecule has 4 heteroatoms. The highest BCUT2D eigenvalue weighted by Gasteiger charge is 2.18. The molecule has 0 fully saturated rings. The summed E-state index contributed by atoms with van der Waals surface area (Å²) in [6, 6.07) is 1.22. The van der Waals surface area contributed by atoms with E-state index in [-0.39, 0.29) is 5.54 Å². The zero-order valence-electron chi connectivity index (χ0n) is 14.0. The summed E-state index contributed by atoms with van der Waals surface area (Å²) in [6.45, 7) is 14.9. The number of hydrogen-bond donors (Lipinski definition) is 1. The predicted molar refractivity (Wildman–Crippen MR) is 85.1 cm³/mol. The number of aromatic nitrogens is 1. The van der Waals surface area contributed by atoms with Gasteiger partial charge in [-0.25, -0.2) is 0 Å². The van der Waals surface area contributed by atoms with Crippen molar-refractivity contribution in [1.82, 2.24) is 10.3 Å². The lowest BCUT2D eigenvalue weighted by atomic mass is 10.1. The van der Waals surface area contributed by atoms with Crippen LogP contribution >= 0.6 is 0 Å². The van der Waals surface area contributed by atoms with Crippen LogP contribution in [0.15, 0.2) is 10.7 Å². The van der Waals surface area contributed by atoms with Gasteiger partial charge in [-0.2, -0.15) is 4.98 Å². The maximum atomic E-state index is 5.69. The van der Waals surface area contributed by atoms with Gasteiger partial charge in [-0.3, -0.25) is 0 Å². The molecule has 1 aromatic rings. The molecule has 1 unspecified atom stereocenters. The Morgan fingerprint density at radius 3 is 2.60 bits per heavy atom. The molecule has 20 heavy (non-hydrogen) atoms. The molecule has 0 aliphatic rings. The minimum absolute atomic E-state index is 0.0950. The maximum Gasteiger partial charge on any atom is 0.297 e. The summed E-state index contributed by atoms with van der Waals surface area (Å²) < 4.78 is 5.69. The van der Waals surface area contributed by atoms with Crippen LogP contribution in [0.25, 0.3) is 0 Å². The first-order valence-electron chi connectivity index (χ1n) is 7.83. The van der Waals surface area contributed by atoms with Crippen LogP contribution in [0.2, 0.25) is 0 Å². The zero-order valence-corrected chi connectivity index (χ0v) is 14.0. The topological polar surface area (TPSA) is 41.3 Å². The van der Waals surface area contributed by atoms with Crippen molar-refractivity contribution < 1.29 is 4.42 Å². The van der Waals surface area contributed by atoms with E-state index < -0.39 is 0 Å². The molecule has 0 aromatic carbocycles. The molecule has 1 atom stereocenters. The number of rotatable bonds is 8. The standard InChI is InChI=1S/C16H31N3O/c1-7-9-10-19(13(3)8-2)15-18-14(12-20-15)11-17-16(4,5)6/h12-13,17H,7-11H2,1-6H3. The van der Waals surface area contributed by atoms with Gasteiger partial charge in [0.05, 0.1) is 5.69 Å². The summed E-state index contributed by atoms with van der Waals surface area (Å²) in [5.74, 6) is 0. The molecular weight excluding hydrogens is 250 g/mol. The Hall–Kier alpha value is -1.03. The molecule has 4 nitrogen and oxygen atoms in total. The Morgan fingerprint density at radius 1 is 1.35 bits per heavy atom. The lowest BCUT2D eigenvalue weighted by Crippen LogP contribution is -2.35. The van der Waals surface area contributed by atoms with Crippen LogP contribution in [0, 0.1) is 0 Å². The molecule has 1 aromatic heterocycles. The summed E-state index contributed by atoms with van der Waals surface area (Å²) in [5, 5.41) is 3.44. The van der Waals surface area contributed by atoms with Crippen LogP contribution in [-0.2, 0) is 6.54 Å². The maximum absolute atomic E-state index is 5.69. The van der Waals surface area contributed by atoms with Crippen LogP contribution in [0.1, 0.15) is 66.5 Å². The molecule has 116 valence electrons. The second kappa shape index (κ2) is 7.67. The number of unbranched alkanes of at least 4 members (excludes halogenated alkanes) is 1. The highest BCUT2D eigenvalue weighted by molar-refractivity contribution is 5.28. The first kappa shape index (κ1) is 17.0. The molecule has 0 saturated heterocycles. The van der Waals surface area contributed by atoms with E-state index in [9.17, 15) is 0 Å². The quantitative estimate of drug-likeness (QED) is 0.783. The SMILES string of the molecule is CCCCN(c1nc(CNC(C)(C)C)co1)C(C)CC. The van der Waals surface area contributed by atoms with Crippen molar-refractivity contribution >= 4 is 6.01 Å². The van der Waals surface area contributed by atoms with Crippen molar-refractivity contribution in [3.8, 4) is 0 Å². The average Bonchev–Trinajstić information content (AvgIpc) is 2.84. The van der Waals surface area contributed by atoms with E-state index >= 15 is 0 Å². The first-order chi connectivity index (χ1) is 9.37. The second-order valence-corrected chi connectivity index (χ2v) is 6.53.